The van der Waals surface area contributed by atoms with Crippen LogP contribution in [0, 0.1) is 0 Å². The molecule has 1 heterocycles. The summed E-state index contributed by atoms with van der Waals surface area (Å²) in [4.78, 5) is 12.0. The van der Waals surface area contributed by atoms with Crippen LogP contribution in [-0.4, -0.2) is 24.2 Å². The Labute approximate surface area is 127 Å². The summed E-state index contributed by atoms with van der Waals surface area (Å²) in [5.41, 5.74) is 0.573. The van der Waals surface area contributed by atoms with Gasteiger partial charge in [-0.05, 0) is 52.3 Å². The first-order valence-corrected chi connectivity index (χ1v) is 6.98. The van der Waals surface area contributed by atoms with E-state index in [2.05, 4.69) is 37.0 Å². The zero-order valence-electron chi connectivity index (χ0n) is 10.0. The average Bonchev–Trinajstić information content (AvgIpc) is 2.82. The molecule has 0 spiro atoms. The highest BCUT2D eigenvalue weighted by molar-refractivity contribution is 9.10. The topological polar surface area (TPSA) is 45.8 Å². The van der Waals surface area contributed by atoms with Crippen LogP contribution in [0.15, 0.2) is 55.1 Å². The first-order chi connectivity index (χ1) is 9.06. The maximum Gasteiger partial charge on any atom is 0.273 e. The van der Waals surface area contributed by atoms with Crippen molar-refractivity contribution in [1.29, 1.82) is 0 Å². The highest BCUT2D eigenvalue weighted by Gasteiger charge is 2.10. The van der Waals surface area contributed by atoms with Crippen molar-refractivity contribution in [3.05, 3.63) is 56.9 Å². The van der Waals surface area contributed by atoms with E-state index in [0.29, 0.717) is 16.0 Å². The van der Waals surface area contributed by atoms with Crippen LogP contribution in [0.4, 0.5) is 0 Å². The molecule has 0 saturated heterocycles. The molecule has 0 aliphatic heterocycles. The van der Waals surface area contributed by atoms with Gasteiger partial charge >= 0.3 is 0 Å². The van der Waals surface area contributed by atoms with Gasteiger partial charge in [-0.1, -0.05) is 15.9 Å². The van der Waals surface area contributed by atoms with E-state index in [4.69, 9.17) is 4.42 Å². The number of hydrazone groups is 1. The summed E-state index contributed by atoms with van der Waals surface area (Å²) in [6.45, 7) is 0. The number of nitrogens with zero attached hydrogens (tertiary/aromatic N) is 2. The van der Waals surface area contributed by atoms with Gasteiger partial charge in [0.2, 0.25) is 0 Å². The van der Waals surface area contributed by atoms with Gasteiger partial charge in [0.15, 0.2) is 4.67 Å². The third-order valence-corrected chi connectivity index (χ3v) is 3.29. The molecule has 0 atom stereocenters. The first-order valence-electron chi connectivity index (χ1n) is 5.39. The smallest absolute Gasteiger partial charge is 0.273 e. The molecule has 0 fully saturated rings. The number of carbonyl (C=O) groups is 1. The predicted octanol–water partition coefficient (Wildman–Crippen LogP) is 3.91. The molecular weight excluding hydrogens is 376 g/mol. The molecule has 0 unspecified atom stereocenters. The molecule has 4 nitrogen and oxygen atoms in total. The van der Waals surface area contributed by atoms with Crippen LogP contribution in [0.1, 0.15) is 16.1 Å². The van der Waals surface area contributed by atoms with Crippen LogP contribution in [0.25, 0.3) is 0 Å². The Morgan fingerprint density at radius 3 is 2.47 bits per heavy atom. The molecule has 0 bridgehead atoms. The number of amides is 1. The molecule has 0 radical (unpaired) electrons. The van der Waals surface area contributed by atoms with E-state index in [-0.39, 0.29) is 5.91 Å². The van der Waals surface area contributed by atoms with Crippen LogP contribution >= 0.6 is 31.9 Å². The fourth-order valence-corrected chi connectivity index (χ4v) is 1.96. The highest BCUT2D eigenvalue weighted by Crippen LogP contribution is 2.13. The van der Waals surface area contributed by atoms with Crippen LogP contribution in [0.2, 0.25) is 0 Å². The Bertz CT molecular complexity index is 605. The van der Waals surface area contributed by atoms with E-state index in [1.807, 2.05) is 12.1 Å². The number of hydrogen-bond acceptors (Lipinski definition) is 3. The second kappa shape index (κ2) is 6.16. The second-order valence-corrected chi connectivity index (χ2v) is 5.42. The zero-order chi connectivity index (χ0) is 13.8. The number of carbonyl (C=O) groups excluding carboxylic acids is 1. The van der Waals surface area contributed by atoms with Crippen LogP contribution < -0.4 is 0 Å². The quantitative estimate of drug-likeness (QED) is 0.593. The van der Waals surface area contributed by atoms with Gasteiger partial charge in [-0.25, -0.2) is 5.01 Å². The molecule has 1 amide bonds. The normalized spacial score (nSPS) is 10.9. The van der Waals surface area contributed by atoms with Crippen molar-refractivity contribution in [3.63, 3.8) is 0 Å². The molecule has 0 saturated carbocycles. The molecule has 0 aliphatic carbocycles. The fraction of sp³-hybridized carbons (Fsp3) is 0.0769. The second-order valence-electron chi connectivity index (χ2n) is 3.72. The van der Waals surface area contributed by atoms with Crippen LogP contribution in [0.3, 0.4) is 0 Å². The number of furan rings is 1. The Balaban J connectivity index is 2.07. The van der Waals surface area contributed by atoms with Gasteiger partial charge in [-0.2, -0.15) is 5.10 Å². The SMILES string of the molecule is CN(N=Cc1ccc(Br)o1)C(=O)c1ccc(Br)cc1. The van der Waals surface area contributed by atoms with Gasteiger partial charge in [-0.15, -0.1) is 0 Å². The largest absolute Gasteiger partial charge is 0.448 e. The van der Waals surface area contributed by atoms with Crippen LogP contribution in [0.5, 0.6) is 0 Å². The highest BCUT2D eigenvalue weighted by atomic mass is 79.9. The van der Waals surface area contributed by atoms with E-state index in [1.165, 1.54) is 11.2 Å². The van der Waals surface area contributed by atoms with E-state index in [1.54, 1.807) is 31.3 Å². The summed E-state index contributed by atoms with van der Waals surface area (Å²) < 4.78 is 6.81. The van der Waals surface area contributed by atoms with Gasteiger partial charge in [0.25, 0.3) is 5.91 Å². The molecule has 19 heavy (non-hydrogen) atoms. The van der Waals surface area contributed by atoms with Crippen molar-refractivity contribution in [3.8, 4) is 0 Å². The average molecular weight is 386 g/mol. The minimum absolute atomic E-state index is 0.186. The Morgan fingerprint density at radius 2 is 1.89 bits per heavy atom. The molecule has 0 N–H and O–H groups in total. The van der Waals surface area contributed by atoms with E-state index in [0.717, 1.165) is 4.47 Å². The van der Waals surface area contributed by atoms with Gasteiger partial charge in [0.1, 0.15) is 5.76 Å². The van der Waals surface area contributed by atoms with Crippen LogP contribution in [-0.2, 0) is 0 Å². The lowest BCUT2D eigenvalue weighted by atomic mass is 10.2. The summed E-state index contributed by atoms with van der Waals surface area (Å²) in [5.74, 6) is 0.386. The molecule has 2 rings (SSSR count). The monoisotopic (exact) mass is 384 g/mol. The minimum atomic E-state index is -0.186. The fourth-order valence-electron chi connectivity index (χ4n) is 1.37. The molecule has 98 valence electrons. The minimum Gasteiger partial charge on any atom is -0.448 e. The third-order valence-electron chi connectivity index (χ3n) is 2.34. The molecule has 2 aromatic rings. The van der Waals surface area contributed by atoms with Crippen molar-refractivity contribution < 1.29 is 9.21 Å². The van der Waals surface area contributed by atoms with Crippen molar-refractivity contribution in [2.75, 3.05) is 7.05 Å². The van der Waals surface area contributed by atoms with Gasteiger partial charge in [0, 0.05) is 17.1 Å². The summed E-state index contributed by atoms with van der Waals surface area (Å²) in [5, 5.41) is 5.30. The van der Waals surface area contributed by atoms with Gasteiger partial charge in [0.05, 0.1) is 6.21 Å². The number of rotatable bonds is 3. The summed E-state index contributed by atoms with van der Waals surface area (Å²) >= 11 is 6.52. The van der Waals surface area contributed by atoms with Crippen molar-refractivity contribution in [2.45, 2.75) is 0 Å². The molecule has 0 aliphatic rings. The van der Waals surface area contributed by atoms with Crippen molar-refractivity contribution in [2.24, 2.45) is 5.10 Å². The Kier molecular flexibility index (Phi) is 4.55. The van der Waals surface area contributed by atoms with E-state index >= 15 is 0 Å². The summed E-state index contributed by atoms with van der Waals surface area (Å²) in [7, 11) is 1.60. The van der Waals surface area contributed by atoms with Gasteiger partial charge < -0.3 is 4.42 Å². The predicted molar refractivity (Wildman–Crippen MR) is 80.2 cm³/mol. The number of benzene rings is 1. The number of hydrogen-bond donors (Lipinski definition) is 0. The van der Waals surface area contributed by atoms with Crippen molar-refractivity contribution in [1.82, 2.24) is 5.01 Å². The number of halogens is 2. The Morgan fingerprint density at radius 1 is 1.21 bits per heavy atom. The molecule has 1 aromatic carbocycles. The molecular formula is C13H10Br2N2O2. The molecule has 6 heteroatoms. The standard InChI is InChI=1S/C13H10Br2N2O2/c1-17(16-8-11-6-7-12(15)19-11)13(18)9-2-4-10(14)5-3-9/h2-8H,1H3. The maximum absolute atomic E-state index is 12.0. The molecule has 1 aromatic heterocycles. The van der Waals surface area contributed by atoms with E-state index < -0.39 is 0 Å². The Hall–Kier alpha value is -1.40. The zero-order valence-corrected chi connectivity index (χ0v) is 13.2. The van der Waals surface area contributed by atoms with E-state index in [9.17, 15) is 4.79 Å². The summed E-state index contributed by atoms with van der Waals surface area (Å²) in [6.07, 6.45) is 1.49. The lowest BCUT2D eigenvalue weighted by molar-refractivity contribution is 0.0800. The first kappa shape index (κ1) is 14.0. The maximum atomic E-state index is 12.0. The van der Waals surface area contributed by atoms with Crippen molar-refractivity contribution >= 4 is 44.0 Å². The lowest BCUT2D eigenvalue weighted by Gasteiger charge is -2.10. The third kappa shape index (κ3) is 3.78. The summed E-state index contributed by atoms with van der Waals surface area (Å²) in [6, 6.07) is 10.6. The van der Waals surface area contributed by atoms with Gasteiger partial charge in [-0.3, -0.25) is 4.79 Å². The lowest BCUT2D eigenvalue weighted by Crippen LogP contribution is -2.21.